The second-order valence-corrected chi connectivity index (χ2v) is 6.06. The number of halogens is 1. The Bertz CT molecular complexity index is 600. The lowest BCUT2D eigenvalue weighted by molar-refractivity contribution is -0.142. The van der Waals surface area contributed by atoms with Crippen molar-refractivity contribution in [2.45, 2.75) is 25.3 Å². The van der Waals surface area contributed by atoms with Crippen molar-refractivity contribution in [1.82, 2.24) is 5.32 Å². The van der Waals surface area contributed by atoms with Crippen molar-refractivity contribution in [3.8, 4) is 5.75 Å². The second-order valence-electron chi connectivity index (χ2n) is 5.20. The summed E-state index contributed by atoms with van der Waals surface area (Å²) in [6, 6.07) is 3.88. The van der Waals surface area contributed by atoms with E-state index in [0.717, 1.165) is 12.8 Å². The van der Waals surface area contributed by atoms with E-state index in [1.807, 2.05) is 12.2 Å². The van der Waals surface area contributed by atoms with Gasteiger partial charge in [0.1, 0.15) is 5.75 Å². The van der Waals surface area contributed by atoms with Crippen molar-refractivity contribution >= 4 is 27.8 Å². The van der Waals surface area contributed by atoms with E-state index in [2.05, 4.69) is 21.2 Å². The van der Waals surface area contributed by atoms with Gasteiger partial charge < -0.3 is 15.2 Å². The fourth-order valence-corrected chi connectivity index (χ4v) is 3.03. The number of methoxy groups -OCH3 is 1. The molecule has 0 bridgehead atoms. The van der Waals surface area contributed by atoms with Crippen LogP contribution in [0.3, 0.4) is 0 Å². The molecule has 0 saturated carbocycles. The maximum atomic E-state index is 12.1. The summed E-state index contributed by atoms with van der Waals surface area (Å²) in [5.74, 6) is -0.532. The van der Waals surface area contributed by atoms with Crippen molar-refractivity contribution in [3.05, 3.63) is 40.4 Å². The number of hydrogen-bond acceptors (Lipinski definition) is 3. The van der Waals surface area contributed by atoms with Gasteiger partial charge in [0.15, 0.2) is 6.04 Å². The quantitative estimate of drug-likeness (QED) is 0.757. The number of aliphatic carboxylic acids is 1. The molecular weight excluding hydrogens is 350 g/mol. The third-order valence-electron chi connectivity index (χ3n) is 3.62. The molecule has 22 heavy (non-hydrogen) atoms. The van der Waals surface area contributed by atoms with Gasteiger partial charge >= 0.3 is 5.97 Å². The van der Waals surface area contributed by atoms with Crippen LogP contribution in [0, 0.1) is 5.92 Å². The maximum Gasteiger partial charge on any atom is 0.330 e. The minimum Gasteiger partial charge on any atom is -0.496 e. The molecule has 6 heteroatoms. The summed E-state index contributed by atoms with van der Waals surface area (Å²) >= 11 is 3.32. The highest BCUT2D eigenvalue weighted by atomic mass is 79.9. The first-order valence-electron chi connectivity index (χ1n) is 7.03. The van der Waals surface area contributed by atoms with E-state index in [0.29, 0.717) is 22.2 Å². The third kappa shape index (κ3) is 4.10. The van der Waals surface area contributed by atoms with Gasteiger partial charge in [0.05, 0.1) is 11.6 Å². The lowest BCUT2D eigenvalue weighted by Crippen LogP contribution is -2.34. The van der Waals surface area contributed by atoms with E-state index in [1.54, 1.807) is 18.2 Å². The molecule has 0 aliphatic heterocycles. The molecule has 0 fully saturated rings. The Labute approximate surface area is 137 Å². The highest BCUT2D eigenvalue weighted by Crippen LogP contribution is 2.28. The summed E-state index contributed by atoms with van der Waals surface area (Å²) in [6.45, 7) is 0. The molecule has 0 radical (unpaired) electrons. The largest absolute Gasteiger partial charge is 0.496 e. The molecule has 0 spiro atoms. The molecule has 0 heterocycles. The molecule has 5 nitrogen and oxygen atoms in total. The number of carboxylic acids is 1. The summed E-state index contributed by atoms with van der Waals surface area (Å²) < 4.78 is 5.77. The zero-order valence-corrected chi connectivity index (χ0v) is 13.8. The van der Waals surface area contributed by atoms with Crippen molar-refractivity contribution in [2.75, 3.05) is 7.11 Å². The first kappa shape index (κ1) is 16.5. The molecule has 0 aromatic heterocycles. The van der Waals surface area contributed by atoms with Crippen LogP contribution in [0.5, 0.6) is 5.75 Å². The molecule has 2 atom stereocenters. The van der Waals surface area contributed by atoms with Gasteiger partial charge in [-0.15, -0.1) is 0 Å². The molecule has 1 aliphatic carbocycles. The van der Waals surface area contributed by atoms with Gasteiger partial charge in [-0.05, 0) is 52.4 Å². The number of nitrogens with one attached hydrogen (secondary N) is 1. The lowest BCUT2D eigenvalue weighted by Gasteiger charge is -2.17. The average Bonchev–Trinajstić information content (AvgIpc) is 2.97. The first-order valence-corrected chi connectivity index (χ1v) is 7.83. The Kier molecular flexibility index (Phi) is 5.60. The van der Waals surface area contributed by atoms with Gasteiger partial charge in [-0.25, -0.2) is 4.79 Å². The van der Waals surface area contributed by atoms with Gasteiger partial charge in [-0.2, -0.15) is 0 Å². The van der Waals surface area contributed by atoms with Crippen LogP contribution in [0.2, 0.25) is 0 Å². The van der Waals surface area contributed by atoms with E-state index in [1.165, 1.54) is 7.11 Å². The molecule has 1 amide bonds. The predicted molar refractivity (Wildman–Crippen MR) is 85.7 cm³/mol. The Balaban J connectivity index is 2.09. The first-order chi connectivity index (χ1) is 10.5. The monoisotopic (exact) mass is 367 g/mol. The Morgan fingerprint density at radius 3 is 2.82 bits per heavy atom. The van der Waals surface area contributed by atoms with E-state index in [9.17, 15) is 14.7 Å². The smallest absolute Gasteiger partial charge is 0.330 e. The fourth-order valence-electron chi connectivity index (χ4n) is 2.47. The van der Waals surface area contributed by atoms with E-state index >= 15 is 0 Å². The average molecular weight is 368 g/mol. The number of benzene rings is 1. The normalized spacial score (nSPS) is 18.0. The minimum atomic E-state index is -1.09. The van der Waals surface area contributed by atoms with Gasteiger partial charge in [0, 0.05) is 6.42 Å². The van der Waals surface area contributed by atoms with Crippen LogP contribution < -0.4 is 10.1 Å². The van der Waals surface area contributed by atoms with Crippen molar-refractivity contribution in [1.29, 1.82) is 0 Å². The summed E-state index contributed by atoms with van der Waals surface area (Å²) in [7, 11) is 1.53. The number of rotatable bonds is 6. The summed E-state index contributed by atoms with van der Waals surface area (Å²) in [6.07, 6.45) is 6.30. The molecule has 2 N–H and O–H groups in total. The van der Waals surface area contributed by atoms with Crippen molar-refractivity contribution in [2.24, 2.45) is 5.92 Å². The Morgan fingerprint density at radius 2 is 2.27 bits per heavy atom. The Hall–Kier alpha value is -1.82. The van der Waals surface area contributed by atoms with Crippen LogP contribution in [0.4, 0.5) is 0 Å². The minimum absolute atomic E-state index is 0.206. The summed E-state index contributed by atoms with van der Waals surface area (Å²) in [5.41, 5.74) is 0.496. The number of allylic oxidation sites excluding steroid dienone is 2. The number of ether oxygens (including phenoxy) is 1. The van der Waals surface area contributed by atoms with Crippen molar-refractivity contribution < 1.29 is 19.4 Å². The number of amides is 1. The standard InChI is InChI=1S/C16H18BrNO4/c1-22-13-7-6-11(9-12(13)17)15(16(20)21)18-14(19)8-10-4-2-3-5-10/h2,4,6-7,9-10,15H,3,5,8H2,1H3,(H,18,19)(H,20,21). The highest BCUT2D eigenvalue weighted by molar-refractivity contribution is 9.10. The van der Waals surface area contributed by atoms with Crippen LogP contribution in [0.1, 0.15) is 30.9 Å². The molecule has 1 aromatic rings. The topological polar surface area (TPSA) is 75.6 Å². The number of carboxylic acid groups (broad SMARTS) is 1. The zero-order chi connectivity index (χ0) is 16.1. The van der Waals surface area contributed by atoms with Gasteiger partial charge in [-0.1, -0.05) is 18.2 Å². The summed E-state index contributed by atoms with van der Waals surface area (Å²) in [4.78, 5) is 23.5. The van der Waals surface area contributed by atoms with Crippen molar-refractivity contribution in [3.63, 3.8) is 0 Å². The number of hydrogen-bond donors (Lipinski definition) is 2. The number of carbonyl (C=O) groups is 2. The van der Waals surface area contributed by atoms with Crippen LogP contribution in [-0.4, -0.2) is 24.1 Å². The zero-order valence-electron chi connectivity index (χ0n) is 12.2. The molecule has 118 valence electrons. The molecule has 2 unspecified atom stereocenters. The summed E-state index contributed by atoms with van der Waals surface area (Å²) in [5, 5.41) is 12.0. The third-order valence-corrected chi connectivity index (χ3v) is 4.24. The van der Waals surface area contributed by atoms with Crippen LogP contribution >= 0.6 is 15.9 Å². The van der Waals surface area contributed by atoms with E-state index < -0.39 is 12.0 Å². The van der Waals surface area contributed by atoms with Crippen LogP contribution in [-0.2, 0) is 9.59 Å². The molecule has 2 rings (SSSR count). The molecule has 1 aliphatic rings. The van der Waals surface area contributed by atoms with Gasteiger partial charge in [0.25, 0.3) is 0 Å². The number of carbonyl (C=O) groups excluding carboxylic acids is 1. The highest BCUT2D eigenvalue weighted by Gasteiger charge is 2.24. The maximum absolute atomic E-state index is 12.1. The second kappa shape index (κ2) is 7.45. The SMILES string of the molecule is COc1ccc(C(NC(=O)CC2C=CCC2)C(=O)O)cc1Br. The predicted octanol–water partition coefficient (Wildman–Crippen LogP) is 3.06. The molecule has 1 aromatic carbocycles. The van der Waals surface area contributed by atoms with E-state index in [4.69, 9.17) is 4.74 Å². The van der Waals surface area contributed by atoms with Gasteiger partial charge in [0.2, 0.25) is 5.91 Å². The van der Waals surface area contributed by atoms with Gasteiger partial charge in [-0.3, -0.25) is 4.79 Å². The fraction of sp³-hybridized carbons (Fsp3) is 0.375. The van der Waals surface area contributed by atoms with E-state index in [-0.39, 0.29) is 11.8 Å². The Morgan fingerprint density at radius 1 is 1.50 bits per heavy atom. The molecule has 0 saturated heterocycles. The van der Waals surface area contributed by atoms with Crippen LogP contribution in [0.25, 0.3) is 0 Å². The lowest BCUT2D eigenvalue weighted by atomic mass is 10.0. The van der Waals surface area contributed by atoms with Crippen LogP contribution in [0.15, 0.2) is 34.8 Å². The molecular formula is C16H18BrNO4.